The summed E-state index contributed by atoms with van der Waals surface area (Å²) in [5.74, 6) is 0.679. The van der Waals surface area contributed by atoms with Gasteiger partial charge >= 0.3 is 0 Å². The fourth-order valence-corrected chi connectivity index (χ4v) is 3.27. The Bertz CT molecular complexity index is 530. The van der Waals surface area contributed by atoms with Crippen LogP contribution in [-0.2, 0) is 0 Å². The van der Waals surface area contributed by atoms with Gasteiger partial charge in [-0.1, -0.05) is 0 Å². The number of hydrogen-bond acceptors (Lipinski definition) is 4. The molecule has 0 aliphatic carbocycles. The highest BCUT2D eigenvalue weighted by atomic mass is 16.1. The van der Waals surface area contributed by atoms with Gasteiger partial charge in [-0.3, -0.25) is 4.79 Å². The first-order chi connectivity index (χ1) is 9.88. The Labute approximate surface area is 127 Å². The molecule has 1 atom stereocenters. The van der Waals surface area contributed by atoms with Crippen LogP contribution in [0.2, 0.25) is 0 Å². The third-order valence-corrected chi connectivity index (χ3v) is 4.44. The topological polar surface area (TPSA) is 61.0 Å². The van der Waals surface area contributed by atoms with Gasteiger partial charge in [-0.2, -0.15) is 0 Å². The zero-order chi connectivity index (χ0) is 15.6. The van der Waals surface area contributed by atoms with Crippen molar-refractivity contribution in [3.05, 3.63) is 27.4 Å². The SMILES string of the molecule is Cc1nc(C)c(C(C)NC2CCN(C(C)C)CC2)c(=O)[nH]1. The van der Waals surface area contributed by atoms with Crippen LogP contribution in [0.25, 0.3) is 0 Å². The Balaban J connectivity index is 2.00. The Morgan fingerprint density at radius 2 is 1.86 bits per heavy atom. The van der Waals surface area contributed by atoms with E-state index in [1.54, 1.807) is 0 Å². The number of hydrogen-bond donors (Lipinski definition) is 2. The van der Waals surface area contributed by atoms with Crippen LogP contribution >= 0.6 is 0 Å². The Morgan fingerprint density at radius 1 is 1.24 bits per heavy atom. The van der Waals surface area contributed by atoms with E-state index in [2.05, 4.69) is 41.0 Å². The maximum atomic E-state index is 12.1. The molecule has 0 bridgehead atoms. The van der Waals surface area contributed by atoms with Crippen LogP contribution in [0.4, 0.5) is 0 Å². The van der Waals surface area contributed by atoms with Crippen LogP contribution < -0.4 is 10.9 Å². The summed E-state index contributed by atoms with van der Waals surface area (Å²) in [7, 11) is 0. The smallest absolute Gasteiger partial charge is 0.255 e. The number of aromatic amines is 1. The van der Waals surface area contributed by atoms with Crippen LogP contribution in [-0.4, -0.2) is 40.0 Å². The molecule has 1 aliphatic rings. The normalized spacial score (nSPS) is 19.1. The van der Waals surface area contributed by atoms with E-state index in [9.17, 15) is 4.79 Å². The largest absolute Gasteiger partial charge is 0.310 e. The van der Waals surface area contributed by atoms with Crippen LogP contribution in [0.5, 0.6) is 0 Å². The molecule has 1 saturated heterocycles. The van der Waals surface area contributed by atoms with E-state index in [4.69, 9.17) is 0 Å². The maximum absolute atomic E-state index is 12.1. The predicted octanol–water partition coefficient (Wildman–Crippen LogP) is 1.91. The second-order valence-corrected chi connectivity index (χ2v) is 6.44. The van der Waals surface area contributed by atoms with Crippen molar-refractivity contribution < 1.29 is 0 Å². The lowest BCUT2D eigenvalue weighted by Gasteiger charge is -2.36. The molecule has 21 heavy (non-hydrogen) atoms. The van der Waals surface area contributed by atoms with E-state index in [1.807, 2.05) is 13.8 Å². The first-order valence-electron chi connectivity index (χ1n) is 7.96. The molecule has 1 aliphatic heterocycles. The third-order valence-electron chi connectivity index (χ3n) is 4.44. The summed E-state index contributed by atoms with van der Waals surface area (Å²) in [4.78, 5) is 21.8. The Morgan fingerprint density at radius 3 is 2.38 bits per heavy atom. The number of nitrogens with zero attached hydrogens (tertiary/aromatic N) is 2. The molecule has 1 unspecified atom stereocenters. The number of nitrogens with one attached hydrogen (secondary N) is 2. The van der Waals surface area contributed by atoms with Gasteiger partial charge < -0.3 is 15.2 Å². The molecule has 118 valence electrons. The highest BCUT2D eigenvalue weighted by molar-refractivity contribution is 5.20. The summed E-state index contributed by atoms with van der Waals surface area (Å²) < 4.78 is 0. The lowest BCUT2D eigenvalue weighted by atomic mass is 10.0. The molecule has 0 aromatic carbocycles. The molecule has 1 aromatic heterocycles. The molecule has 0 spiro atoms. The van der Waals surface area contributed by atoms with Gasteiger partial charge in [0.25, 0.3) is 5.56 Å². The minimum absolute atomic E-state index is 0.0142. The number of aromatic nitrogens is 2. The highest BCUT2D eigenvalue weighted by Gasteiger charge is 2.23. The van der Waals surface area contributed by atoms with Gasteiger partial charge in [0.2, 0.25) is 0 Å². The van der Waals surface area contributed by atoms with E-state index in [0.717, 1.165) is 37.2 Å². The van der Waals surface area contributed by atoms with Crippen molar-refractivity contribution in [1.82, 2.24) is 20.2 Å². The van der Waals surface area contributed by atoms with Crippen molar-refractivity contribution in [1.29, 1.82) is 0 Å². The zero-order valence-electron chi connectivity index (χ0n) is 13.9. The van der Waals surface area contributed by atoms with E-state index in [1.165, 1.54) is 0 Å². The Kier molecular flexibility index (Phi) is 5.17. The van der Waals surface area contributed by atoms with Gasteiger partial charge in [-0.25, -0.2) is 4.98 Å². The van der Waals surface area contributed by atoms with Gasteiger partial charge in [0.15, 0.2) is 0 Å². The summed E-state index contributed by atoms with van der Waals surface area (Å²) in [6.45, 7) is 12.5. The molecule has 2 heterocycles. The van der Waals surface area contributed by atoms with Crippen LogP contribution in [0.3, 0.4) is 0 Å². The molecule has 1 fully saturated rings. The van der Waals surface area contributed by atoms with Crippen LogP contribution in [0.15, 0.2) is 4.79 Å². The lowest BCUT2D eigenvalue weighted by Crippen LogP contribution is -2.46. The van der Waals surface area contributed by atoms with Gasteiger partial charge in [-0.15, -0.1) is 0 Å². The number of rotatable bonds is 4. The molecule has 0 saturated carbocycles. The average Bonchev–Trinajstić information content (AvgIpc) is 2.37. The molecular formula is C16H28N4O. The van der Waals surface area contributed by atoms with Crippen molar-refractivity contribution in [3.8, 4) is 0 Å². The van der Waals surface area contributed by atoms with E-state index in [-0.39, 0.29) is 11.6 Å². The molecular weight excluding hydrogens is 264 g/mol. The monoisotopic (exact) mass is 292 g/mol. The second-order valence-electron chi connectivity index (χ2n) is 6.44. The van der Waals surface area contributed by atoms with Crippen molar-refractivity contribution >= 4 is 0 Å². The fraction of sp³-hybridized carbons (Fsp3) is 0.750. The van der Waals surface area contributed by atoms with Crippen molar-refractivity contribution in [2.75, 3.05) is 13.1 Å². The van der Waals surface area contributed by atoms with Gasteiger partial charge in [0.1, 0.15) is 5.82 Å². The molecule has 1 aromatic rings. The predicted molar refractivity (Wildman–Crippen MR) is 85.6 cm³/mol. The maximum Gasteiger partial charge on any atom is 0.255 e. The van der Waals surface area contributed by atoms with Gasteiger partial charge in [0.05, 0.1) is 5.56 Å². The zero-order valence-corrected chi connectivity index (χ0v) is 13.9. The summed E-state index contributed by atoms with van der Waals surface area (Å²) >= 11 is 0. The molecule has 2 N–H and O–H groups in total. The van der Waals surface area contributed by atoms with E-state index < -0.39 is 0 Å². The van der Waals surface area contributed by atoms with Gasteiger partial charge in [0, 0.05) is 23.8 Å². The molecule has 5 nitrogen and oxygen atoms in total. The Hall–Kier alpha value is -1.20. The summed E-state index contributed by atoms with van der Waals surface area (Å²) in [5.41, 5.74) is 1.59. The molecule has 0 radical (unpaired) electrons. The summed E-state index contributed by atoms with van der Waals surface area (Å²) in [5, 5.41) is 3.61. The van der Waals surface area contributed by atoms with E-state index in [0.29, 0.717) is 17.9 Å². The van der Waals surface area contributed by atoms with Crippen molar-refractivity contribution in [3.63, 3.8) is 0 Å². The fourth-order valence-electron chi connectivity index (χ4n) is 3.27. The van der Waals surface area contributed by atoms with Crippen LogP contribution in [0.1, 0.15) is 56.7 Å². The molecule has 2 rings (SSSR count). The highest BCUT2D eigenvalue weighted by Crippen LogP contribution is 2.18. The third kappa shape index (κ3) is 3.92. The first-order valence-corrected chi connectivity index (χ1v) is 7.96. The standard InChI is InChI=1S/C16H28N4O/c1-10(2)20-8-6-14(7-9-20)18-12(4)15-11(3)17-13(5)19-16(15)21/h10,12,14,18H,6-9H2,1-5H3,(H,17,19,21). The summed E-state index contributed by atoms with van der Waals surface area (Å²) in [6.07, 6.45) is 2.28. The van der Waals surface area contributed by atoms with Crippen molar-refractivity contribution in [2.45, 2.75) is 65.6 Å². The second kappa shape index (κ2) is 6.71. The van der Waals surface area contributed by atoms with Crippen LogP contribution in [0, 0.1) is 13.8 Å². The first kappa shape index (κ1) is 16.2. The average molecular weight is 292 g/mol. The minimum atomic E-state index is -0.0142. The number of aryl methyl sites for hydroxylation is 2. The summed E-state index contributed by atoms with van der Waals surface area (Å²) in [6, 6.07) is 1.14. The molecule has 0 amide bonds. The van der Waals surface area contributed by atoms with Crippen molar-refractivity contribution in [2.24, 2.45) is 0 Å². The lowest BCUT2D eigenvalue weighted by molar-refractivity contribution is 0.157. The number of piperidine rings is 1. The number of likely N-dealkylation sites (tertiary alicyclic amines) is 1. The minimum Gasteiger partial charge on any atom is -0.310 e. The number of H-pyrrole nitrogens is 1. The van der Waals surface area contributed by atoms with E-state index >= 15 is 0 Å². The quantitative estimate of drug-likeness (QED) is 0.890. The van der Waals surface area contributed by atoms with Gasteiger partial charge in [-0.05, 0) is 60.5 Å². The molecule has 5 heteroatoms.